The van der Waals surface area contributed by atoms with Crippen molar-refractivity contribution in [2.45, 2.75) is 30.7 Å². The molecule has 1 aliphatic rings. The fourth-order valence-corrected chi connectivity index (χ4v) is 4.70. The molecule has 1 aromatic heterocycles. The van der Waals surface area contributed by atoms with Crippen LogP contribution in [0.5, 0.6) is 0 Å². The highest BCUT2D eigenvalue weighted by molar-refractivity contribution is 7.84. The molecule has 0 spiro atoms. The van der Waals surface area contributed by atoms with E-state index in [0.29, 0.717) is 12.1 Å². The van der Waals surface area contributed by atoms with Crippen LogP contribution < -0.4 is 5.32 Å². The molecule has 1 aromatic carbocycles. The van der Waals surface area contributed by atoms with E-state index in [2.05, 4.69) is 34.7 Å². The van der Waals surface area contributed by atoms with E-state index in [4.69, 9.17) is 0 Å². The summed E-state index contributed by atoms with van der Waals surface area (Å²) < 4.78 is 11.5. The topological polar surface area (TPSA) is 49.4 Å². The van der Waals surface area contributed by atoms with Gasteiger partial charge >= 0.3 is 0 Å². The minimum atomic E-state index is -1.03. The molecule has 2 atom stereocenters. The van der Waals surface area contributed by atoms with Crippen LogP contribution in [0.4, 0.5) is 0 Å². The molecule has 1 aliphatic heterocycles. The van der Waals surface area contributed by atoms with Gasteiger partial charge in [0.15, 0.2) is 0 Å². The molecule has 1 amide bonds. The number of nitrogens with one attached hydrogen (secondary N) is 1. The van der Waals surface area contributed by atoms with Crippen molar-refractivity contribution in [1.82, 2.24) is 10.2 Å². The van der Waals surface area contributed by atoms with Crippen molar-refractivity contribution in [1.29, 1.82) is 0 Å². The van der Waals surface area contributed by atoms with Gasteiger partial charge in [-0.1, -0.05) is 13.0 Å². The number of likely N-dealkylation sites (tertiary alicyclic amines) is 1. The van der Waals surface area contributed by atoms with Crippen LogP contribution in [0.1, 0.15) is 41.0 Å². The van der Waals surface area contributed by atoms with Gasteiger partial charge in [0.2, 0.25) is 0 Å². The standard InChI is InChI=1S/C20H26N2O2S2/c1-15-9-11-22(12-10-15)18(19-4-3-13-25-19)14-21-20(23)16-5-7-17(8-6-16)26(2)24/h3-8,13,15,18H,9-12,14H2,1-2H3,(H,21,23). The van der Waals surface area contributed by atoms with Crippen LogP contribution in [0, 0.1) is 5.92 Å². The third-order valence-electron chi connectivity index (χ3n) is 5.04. The van der Waals surface area contributed by atoms with Crippen LogP contribution in [0.15, 0.2) is 46.7 Å². The van der Waals surface area contributed by atoms with E-state index < -0.39 is 10.8 Å². The lowest BCUT2D eigenvalue weighted by Gasteiger charge is -2.36. The van der Waals surface area contributed by atoms with E-state index in [0.717, 1.165) is 23.9 Å². The Morgan fingerprint density at radius 1 is 1.27 bits per heavy atom. The molecule has 3 rings (SSSR count). The van der Waals surface area contributed by atoms with Gasteiger partial charge in [-0.15, -0.1) is 11.3 Å². The number of benzene rings is 1. The van der Waals surface area contributed by atoms with Crippen molar-refractivity contribution >= 4 is 28.0 Å². The summed E-state index contributed by atoms with van der Waals surface area (Å²) in [7, 11) is -1.03. The smallest absolute Gasteiger partial charge is 0.251 e. The maximum atomic E-state index is 12.5. The van der Waals surface area contributed by atoms with Crippen LogP contribution >= 0.6 is 11.3 Å². The summed E-state index contributed by atoms with van der Waals surface area (Å²) in [5.41, 5.74) is 0.608. The van der Waals surface area contributed by atoms with Gasteiger partial charge in [0, 0.05) is 38.9 Å². The van der Waals surface area contributed by atoms with E-state index in [-0.39, 0.29) is 11.9 Å². The molecule has 0 aliphatic carbocycles. The molecule has 1 fully saturated rings. The number of hydrogen-bond donors (Lipinski definition) is 1. The molecule has 1 N–H and O–H groups in total. The number of nitrogens with zero attached hydrogens (tertiary/aromatic N) is 1. The maximum Gasteiger partial charge on any atom is 0.251 e. The molecule has 0 radical (unpaired) electrons. The van der Waals surface area contributed by atoms with E-state index >= 15 is 0 Å². The first-order valence-corrected chi connectivity index (χ1v) is 11.5. The number of amides is 1. The predicted octanol–water partition coefficient (Wildman–Crippen LogP) is 3.69. The van der Waals surface area contributed by atoms with Crippen LogP contribution in [-0.2, 0) is 10.8 Å². The molecule has 1 saturated heterocycles. The Morgan fingerprint density at radius 3 is 2.54 bits per heavy atom. The summed E-state index contributed by atoms with van der Waals surface area (Å²) in [5, 5.41) is 5.19. The minimum Gasteiger partial charge on any atom is -0.350 e. The number of piperidine rings is 1. The fraction of sp³-hybridized carbons (Fsp3) is 0.450. The van der Waals surface area contributed by atoms with Gasteiger partial charge in [-0.25, -0.2) is 0 Å². The van der Waals surface area contributed by atoms with E-state index in [1.54, 1.807) is 41.9 Å². The second-order valence-electron chi connectivity index (χ2n) is 6.94. The van der Waals surface area contributed by atoms with Crippen molar-refractivity contribution in [2.75, 3.05) is 25.9 Å². The van der Waals surface area contributed by atoms with E-state index in [1.807, 2.05) is 0 Å². The molecular weight excluding hydrogens is 364 g/mol. The highest BCUT2D eigenvalue weighted by Crippen LogP contribution is 2.29. The van der Waals surface area contributed by atoms with Gasteiger partial charge in [0.25, 0.3) is 5.91 Å². The lowest BCUT2D eigenvalue weighted by molar-refractivity contribution is 0.0915. The number of thiophene rings is 1. The molecule has 2 unspecified atom stereocenters. The third-order valence-corrected chi connectivity index (χ3v) is 6.94. The largest absolute Gasteiger partial charge is 0.350 e. The molecule has 2 aromatic rings. The summed E-state index contributed by atoms with van der Waals surface area (Å²) in [6.07, 6.45) is 4.07. The molecule has 2 heterocycles. The Kier molecular flexibility index (Phi) is 6.62. The first-order chi connectivity index (χ1) is 12.5. The zero-order chi connectivity index (χ0) is 18.5. The molecule has 0 bridgehead atoms. The Morgan fingerprint density at radius 2 is 1.96 bits per heavy atom. The summed E-state index contributed by atoms with van der Waals surface area (Å²) in [6, 6.07) is 11.5. The van der Waals surface area contributed by atoms with E-state index in [9.17, 15) is 9.00 Å². The lowest BCUT2D eigenvalue weighted by atomic mass is 9.97. The van der Waals surface area contributed by atoms with Crippen LogP contribution in [0.3, 0.4) is 0 Å². The fourth-order valence-electron chi connectivity index (χ4n) is 3.32. The lowest BCUT2D eigenvalue weighted by Crippen LogP contribution is -2.41. The highest BCUT2D eigenvalue weighted by Gasteiger charge is 2.25. The predicted molar refractivity (Wildman–Crippen MR) is 108 cm³/mol. The Labute approximate surface area is 162 Å². The number of carbonyl (C=O) groups is 1. The van der Waals surface area contributed by atoms with Crippen LogP contribution in [-0.4, -0.2) is 40.9 Å². The number of carbonyl (C=O) groups excluding carboxylic acids is 1. The van der Waals surface area contributed by atoms with Gasteiger partial charge in [-0.3, -0.25) is 13.9 Å². The van der Waals surface area contributed by atoms with Crippen molar-refractivity contribution in [3.63, 3.8) is 0 Å². The molecule has 26 heavy (non-hydrogen) atoms. The van der Waals surface area contributed by atoms with Gasteiger partial charge in [0.05, 0.1) is 6.04 Å². The summed E-state index contributed by atoms with van der Waals surface area (Å²) >= 11 is 1.75. The second kappa shape index (κ2) is 8.93. The quantitative estimate of drug-likeness (QED) is 0.818. The van der Waals surface area contributed by atoms with Crippen molar-refractivity contribution in [3.05, 3.63) is 52.2 Å². The SMILES string of the molecule is CC1CCN(C(CNC(=O)c2ccc(S(C)=O)cc2)c2cccs2)CC1. The number of rotatable bonds is 6. The minimum absolute atomic E-state index is 0.0784. The molecule has 6 heteroatoms. The molecule has 140 valence electrons. The Bertz CT molecular complexity index is 736. The van der Waals surface area contributed by atoms with Crippen molar-refractivity contribution in [3.8, 4) is 0 Å². The second-order valence-corrected chi connectivity index (χ2v) is 9.30. The summed E-state index contributed by atoms with van der Waals surface area (Å²) in [5.74, 6) is 0.706. The maximum absolute atomic E-state index is 12.5. The van der Waals surface area contributed by atoms with Crippen molar-refractivity contribution < 1.29 is 9.00 Å². The van der Waals surface area contributed by atoms with Crippen molar-refractivity contribution in [2.24, 2.45) is 5.92 Å². The van der Waals surface area contributed by atoms with Crippen LogP contribution in [0.25, 0.3) is 0 Å². The first-order valence-electron chi connectivity index (χ1n) is 9.03. The van der Waals surface area contributed by atoms with Crippen LogP contribution in [0.2, 0.25) is 0 Å². The van der Waals surface area contributed by atoms with Gasteiger partial charge in [0.1, 0.15) is 0 Å². The van der Waals surface area contributed by atoms with E-state index in [1.165, 1.54) is 17.7 Å². The summed E-state index contributed by atoms with van der Waals surface area (Å²) in [4.78, 5) is 17.1. The highest BCUT2D eigenvalue weighted by atomic mass is 32.2. The normalized spacial score (nSPS) is 18.4. The first kappa shape index (κ1) is 19.3. The van der Waals surface area contributed by atoms with Gasteiger partial charge < -0.3 is 5.32 Å². The average molecular weight is 391 g/mol. The third kappa shape index (κ3) is 4.81. The molecule has 4 nitrogen and oxygen atoms in total. The summed E-state index contributed by atoms with van der Waals surface area (Å²) in [6.45, 7) is 5.08. The zero-order valence-corrected chi connectivity index (χ0v) is 16.9. The monoisotopic (exact) mass is 390 g/mol. The molecular formula is C20H26N2O2S2. The number of hydrogen-bond acceptors (Lipinski definition) is 4. The van der Waals surface area contributed by atoms with Gasteiger partial charge in [-0.2, -0.15) is 0 Å². The average Bonchev–Trinajstić information content (AvgIpc) is 3.17. The Balaban J connectivity index is 1.65. The Hall–Kier alpha value is -1.50. The van der Waals surface area contributed by atoms with Gasteiger partial charge in [-0.05, 0) is 67.6 Å². The molecule has 0 saturated carbocycles. The zero-order valence-electron chi connectivity index (χ0n) is 15.3.